The minimum absolute atomic E-state index is 0.168. The number of amides is 2. The molecule has 7 heteroatoms. The van der Waals surface area contributed by atoms with Crippen LogP contribution in [-0.2, 0) is 16.0 Å². The summed E-state index contributed by atoms with van der Waals surface area (Å²) in [4.78, 5) is 18.5. The van der Waals surface area contributed by atoms with Crippen LogP contribution in [-0.4, -0.2) is 57.1 Å². The van der Waals surface area contributed by atoms with Gasteiger partial charge in [0, 0.05) is 51.2 Å². The zero-order valence-corrected chi connectivity index (χ0v) is 13.7. The van der Waals surface area contributed by atoms with Gasteiger partial charge in [-0.05, 0) is 19.4 Å². The number of carbonyl (C=O) groups is 1. The number of hydrogen-bond acceptors (Lipinski definition) is 5. The molecule has 1 aromatic rings. The molecule has 1 aliphatic heterocycles. The molecule has 0 aromatic carbocycles. The number of aromatic nitrogens is 1. The zero-order valence-electron chi connectivity index (χ0n) is 13.7. The topological polar surface area (TPSA) is 75.7 Å². The van der Waals surface area contributed by atoms with Gasteiger partial charge in [0.25, 0.3) is 0 Å². The van der Waals surface area contributed by atoms with E-state index in [1.165, 1.54) is 0 Å². The molecule has 0 aliphatic carbocycles. The second kappa shape index (κ2) is 10.0. The van der Waals surface area contributed by atoms with Crippen molar-refractivity contribution in [3.8, 4) is 0 Å². The standard InChI is InChI=1S/C16H26N4O3/c1-2-22-10-4-7-18-16(21)19-13-14-5-3-6-17-15(14)20-8-11-23-12-9-20/h3,5-6H,2,4,7-13H2,1H3,(H2,18,19,21). The third kappa shape index (κ3) is 6.03. The molecule has 1 aromatic heterocycles. The number of carbonyl (C=O) groups excluding carboxylic acids is 1. The number of pyridine rings is 1. The molecule has 7 nitrogen and oxygen atoms in total. The maximum Gasteiger partial charge on any atom is 0.315 e. The van der Waals surface area contributed by atoms with Gasteiger partial charge >= 0.3 is 6.03 Å². The van der Waals surface area contributed by atoms with Gasteiger partial charge in [-0.1, -0.05) is 6.07 Å². The molecule has 128 valence electrons. The van der Waals surface area contributed by atoms with Gasteiger partial charge in [-0.3, -0.25) is 0 Å². The molecule has 1 saturated heterocycles. The zero-order chi connectivity index (χ0) is 16.3. The molecule has 23 heavy (non-hydrogen) atoms. The molecule has 0 spiro atoms. The third-order valence-corrected chi connectivity index (χ3v) is 3.57. The molecule has 0 bridgehead atoms. The smallest absolute Gasteiger partial charge is 0.315 e. The summed E-state index contributed by atoms with van der Waals surface area (Å²) in [5.41, 5.74) is 1.01. The van der Waals surface area contributed by atoms with E-state index in [-0.39, 0.29) is 6.03 Å². The Hall–Kier alpha value is -1.86. The molecule has 2 rings (SSSR count). The first-order valence-electron chi connectivity index (χ1n) is 8.17. The summed E-state index contributed by atoms with van der Waals surface area (Å²) in [6, 6.07) is 3.71. The first-order chi connectivity index (χ1) is 11.3. The predicted molar refractivity (Wildman–Crippen MR) is 88.6 cm³/mol. The highest BCUT2D eigenvalue weighted by atomic mass is 16.5. The van der Waals surface area contributed by atoms with Crippen molar-refractivity contribution in [2.75, 3.05) is 51.0 Å². The number of nitrogens with one attached hydrogen (secondary N) is 2. The van der Waals surface area contributed by atoms with Gasteiger partial charge < -0.3 is 25.0 Å². The van der Waals surface area contributed by atoms with Crippen molar-refractivity contribution in [1.82, 2.24) is 15.6 Å². The van der Waals surface area contributed by atoms with Crippen LogP contribution in [0.2, 0.25) is 0 Å². The lowest BCUT2D eigenvalue weighted by Gasteiger charge is -2.29. The Morgan fingerprint density at radius 1 is 1.39 bits per heavy atom. The van der Waals surface area contributed by atoms with Crippen molar-refractivity contribution in [3.05, 3.63) is 23.9 Å². The lowest BCUT2D eigenvalue weighted by atomic mass is 10.2. The van der Waals surface area contributed by atoms with E-state index < -0.39 is 0 Å². The van der Waals surface area contributed by atoms with Crippen LogP contribution >= 0.6 is 0 Å². The van der Waals surface area contributed by atoms with E-state index in [0.29, 0.717) is 39.5 Å². The summed E-state index contributed by atoms with van der Waals surface area (Å²) in [6.45, 7) is 7.47. The van der Waals surface area contributed by atoms with Crippen molar-refractivity contribution < 1.29 is 14.3 Å². The predicted octanol–water partition coefficient (Wildman–Crippen LogP) is 1.14. The summed E-state index contributed by atoms with van der Waals surface area (Å²) >= 11 is 0. The van der Waals surface area contributed by atoms with Crippen LogP contribution in [0.4, 0.5) is 10.6 Å². The molecule has 0 radical (unpaired) electrons. The van der Waals surface area contributed by atoms with E-state index in [0.717, 1.165) is 30.9 Å². The number of ether oxygens (including phenoxy) is 2. The van der Waals surface area contributed by atoms with E-state index in [1.54, 1.807) is 6.20 Å². The van der Waals surface area contributed by atoms with Crippen molar-refractivity contribution >= 4 is 11.8 Å². The summed E-state index contributed by atoms with van der Waals surface area (Å²) in [5, 5.41) is 5.71. The molecule has 2 N–H and O–H groups in total. The quantitative estimate of drug-likeness (QED) is 0.702. The summed E-state index contributed by atoms with van der Waals surface area (Å²) in [7, 11) is 0. The van der Waals surface area contributed by atoms with Gasteiger partial charge in [-0.2, -0.15) is 0 Å². The fraction of sp³-hybridized carbons (Fsp3) is 0.625. The van der Waals surface area contributed by atoms with Gasteiger partial charge in [0.1, 0.15) is 5.82 Å². The normalized spacial score (nSPS) is 14.6. The van der Waals surface area contributed by atoms with Crippen LogP contribution in [0, 0.1) is 0 Å². The molecule has 2 heterocycles. The average molecular weight is 322 g/mol. The van der Waals surface area contributed by atoms with Crippen LogP contribution in [0.3, 0.4) is 0 Å². The second-order valence-electron chi connectivity index (χ2n) is 5.25. The monoisotopic (exact) mass is 322 g/mol. The summed E-state index contributed by atoms with van der Waals surface area (Å²) in [5.74, 6) is 0.924. The molecular weight excluding hydrogens is 296 g/mol. The minimum atomic E-state index is -0.168. The highest BCUT2D eigenvalue weighted by Crippen LogP contribution is 2.18. The number of urea groups is 1. The molecule has 1 fully saturated rings. The van der Waals surface area contributed by atoms with Crippen LogP contribution in [0.15, 0.2) is 18.3 Å². The Labute approximate surface area is 137 Å². The fourth-order valence-corrected chi connectivity index (χ4v) is 2.39. The Bertz CT molecular complexity index is 478. The first-order valence-corrected chi connectivity index (χ1v) is 8.17. The van der Waals surface area contributed by atoms with Crippen molar-refractivity contribution in [1.29, 1.82) is 0 Å². The summed E-state index contributed by atoms with van der Waals surface area (Å²) < 4.78 is 10.6. The number of anilines is 1. The molecule has 1 aliphatic rings. The van der Waals surface area contributed by atoms with Crippen LogP contribution in [0.5, 0.6) is 0 Å². The number of hydrogen-bond donors (Lipinski definition) is 2. The number of rotatable bonds is 8. The van der Waals surface area contributed by atoms with E-state index in [2.05, 4.69) is 20.5 Å². The first kappa shape index (κ1) is 17.5. The Morgan fingerprint density at radius 2 is 2.22 bits per heavy atom. The third-order valence-electron chi connectivity index (χ3n) is 3.57. The Morgan fingerprint density at radius 3 is 3.00 bits per heavy atom. The van der Waals surface area contributed by atoms with E-state index in [1.807, 2.05) is 19.1 Å². The molecular formula is C16H26N4O3. The van der Waals surface area contributed by atoms with Crippen LogP contribution in [0.1, 0.15) is 18.9 Å². The maximum atomic E-state index is 11.8. The van der Waals surface area contributed by atoms with Crippen molar-refractivity contribution in [2.45, 2.75) is 19.9 Å². The molecule has 0 unspecified atom stereocenters. The highest BCUT2D eigenvalue weighted by molar-refractivity contribution is 5.74. The lowest BCUT2D eigenvalue weighted by molar-refractivity contribution is 0.122. The van der Waals surface area contributed by atoms with Crippen molar-refractivity contribution in [3.63, 3.8) is 0 Å². The van der Waals surface area contributed by atoms with Gasteiger partial charge in [-0.25, -0.2) is 9.78 Å². The van der Waals surface area contributed by atoms with Crippen molar-refractivity contribution in [2.24, 2.45) is 0 Å². The van der Waals surface area contributed by atoms with E-state index in [4.69, 9.17) is 9.47 Å². The summed E-state index contributed by atoms with van der Waals surface area (Å²) in [6.07, 6.45) is 2.59. The molecule has 0 atom stereocenters. The fourth-order valence-electron chi connectivity index (χ4n) is 2.39. The van der Waals surface area contributed by atoms with E-state index in [9.17, 15) is 4.79 Å². The van der Waals surface area contributed by atoms with Crippen LogP contribution < -0.4 is 15.5 Å². The number of nitrogens with zero attached hydrogens (tertiary/aromatic N) is 2. The maximum absolute atomic E-state index is 11.8. The molecule has 0 saturated carbocycles. The van der Waals surface area contributed by atoms with Gasteiger partial charge in [0.05, 0.1) is 13.2 Å². The highest BCUT2D eigenvalue weighted by Gasteiger charge is 2.15. The Balaban J connectivity index is 1.77. The van der Waals surface area contributed by atoms with Gasteiger partial charge in [0.2, 0.25) is 0 Å². The Kier molecular flexibility index (Phi) is 7.62. The molecule has 2 amide bonds. The SMILES string of the molecule is CCOCCCNC(=O)NCc1cccnc1N1CCOCC1. The largest absolute Gasteiger partial charge is 0.382 e. The van der Waals surface area contributed by atoms with E-state index >= 15 is 0 Å². The number of morpholine rings is 1. The van der Waals surface area contributed by atoms with Gasteiger partial charge in [-0.15, -0.1) is 0 Å². The lowest BCUT2D eigenvalue weighted by Crippen LogP contribution is -2.39. The minimum Gasteiger partial charge on any atom is -0.382 e. The average Bonchev–Trinajstić information content (AvgIpc) is 2.61. The van der Waals surface area contributed by atoms with Crippen LogP contribution in [0.25, 0.3) is 0 Å². The van der Waals surface area contributed by atoms with Gasteiger partial charge in [0.15, 0.2) is 0 Å². The second-order valence-corrected chi connectivity index (χ2v) is 5.25.